The van der Waals surface area contributed by atoms with Gasteiger partial charge in [-0.1, -0.05) is 30.3 Å². The van der Waals surface area contributed by atoms with E-state index in [0.29, 0.717) is 0 Å². The number of alkyl carbamates (subject to hydrolysis) is 1. The first-order chi connectivity index (χ1) is 12.5. The van der Waals surface area contributed by atoms with Crippen molar-refractivity contribution in [1.29, 1.82) is 0 Å². The largest absolute Gasteiger partial charge is 0.445 e. The van der Waals surface area contributed by atoms with E-state index in [1.54, 1.807) is 24.3 Å². The van der Waals surface area contributed by atoms with Crippen LogP contribution in [0.2, 0.25) is 0 Å². The Labute approximate surface area is 156 Å². The molecule has 13 heteroatoms. The first-order valence-corrected chi connectivity index (χ1v) is 11.3. The number of carbonyl (C=O) groups is 2. The summed E-state index contributed by atoms with van der Waals surface area (Å²) in [5.74, 6) is -0.359. The molecule has 1 aromatic carbocycles. The van der Waals surface area contributed by atoms with Crippen LogP contribution in [0.15, 0.2) is 30.3 Å². The Hall–Kier alpha value is -1.98. The van der Waals surface area contributed by atoms with Gasteiger partial charge in [0, 0.05) is 6.42 Å². The van der Waals surface area contributed by atoms with Crippen LogP contribution in [0.1, 0.15) is 18.4 Å². The van der Waals surface area contributed by atoms with Crippen LogP contribution in [-0.4, -0.2) is 43.2 Å². The minimum Gasteiger partial charge on any atom is -0.445 e. The van der Waals surface area contributed by atoms with Gasteiger partial charge in [-0.2, -0.15) is 8.42 Å². The topological polar surface area (TPSA) is 177 Å². The zero-order valence-corrected chi connectivity index (χ0v) is 15.9. The number of nitrogens with one attached hydrogen (secondary N) is 3. The smallest absolute Gasteiger partial charge is 0.407 e. The summed E-state index contributed by atoms with van der Waals surface area (Å²) in [6.07, 6.45) is -0.911. The second-order valence-electron chi connectivity index (χ2n) is 6.07. The summed E-state index contributed by atoms with van der Waals surface area (Å²) in [5.41, 5.74) is 6.20. The Bertz CT molecular complexity index is 833. The molecule has 3 atom stereocenters. The fraction of sp³-hybridized carbons (Fsp3) is 0.429. The van der Waals surface area contributed by atoms with E-state index in [9.17, 15) is 22.6 Å². The first kappa shape index (κ1) is 21.3. The maximum atomic E-state index is 12.2. The highest BCUT2D eigenvalue weighted by Crippen LogP contribution is 2.34. The predicted molar refractivity (Wildman–Crippen MR) is 96.1 cm³/mol. The molecule has 150 valence electrons. The van der Waals surface area contributed by atoms with E-state index in [-0.39, 0.29) is 25.4 Å². The number of nitrogens with two attached hydrogens (primary N) is 1. The van der Waals surface area contributed by atoms with Gasteiger partial charge in [-0.25, -0.2) is 4.79 Å². The molecule has 2 rings (SSSR count). The monoisotopic (exact) mass is 420 g/mol. The lowest BCUT2D eigenvalue weighted by Gasteiger charge is -2.33. The van der Waals surface area contributed by atoms with Gasteiger partial charge in [0.05, 0.1) is 18.2 Å². The van der Waals surface area contributed by atoms with Crippen LogP contribution in [-0.2, 0) is 31.0 Å². The van der Waals surface area contributed by atoms with Crippen LogP contribution in [0.4, 0.5) is 4.79 Å². The molecule has 1 unspecified atom stereocenters. The Morgan fingerprint density at radius 2 is 2.04 bits per heavy atom. The number of carbonyl (C=O) groups excluding carboxylic acids is 2. The van der Waals surface area contributed by atoms with Crippen molar-refractivity contribution >= 4 is 29.7 Å². The molecular formula is C14H21N4O7PS. The molecule has 0 saturated carbocycles. The molecule has 2 amide bonds. The van der Waals surface area contributed by atoms with Gasteiger partial charge in [0.25, 0.3) is 0 Å². The quantitative estimate of drug-likeness (QED) is 0.305. The van der Waals surface area contributed by atoms with Gasteiger partial charge in [-0.3, -0.25) is 19.4 Å². The van der Waals surface area contributed by atoms with Gasteiger partial charge in [-0.15, -0.1) is 4.49 Å². The molecule has 1 fully saturated rings. The molecule has 27 heavy (non-hydrogen) atoms. The van der Waals surface area contributed by atoms with Gasteiger partial charge in [-0.05, 0) is 12.0 Å². The summed E-state index contributed by atoms with van der Waals surface area (Å²) in [7, 11) is -8.84. The van der Waals surface area contributed by atoms with Crippen molar-refractivity contribution in [2.45, 2.75) is 31.5 Å². The summed E-state index contributed by atoms with van der Waals surface area (Å²) in [6.45, 7) is 0.0378. The highest BCUT2D eigenvalue weighted by Gasteiger charge is 2.36. The maximum absolute atomic E-state index is 12.2. The van der Waals surface area contributed by atoms with E-state index < -0.39 is 42.1 Å². The summed E-state index contributed by atoms with van der Waals surface area (Å²) < 4.78 is 49.2. The second-order valence-corrected chi connectivity index (χ2v) is 9.71. The van der Waals surface area contributed by atoms with E-state index in [0.717, 1.165) is 5.56 Å². The van der Waals surface area contributed by atoms with Crippen molar-refractivity contribution in [2.75, 3.05) is 6.16 Å². The zero-order valence-electron chi connectivity index (χ0n) is 14.2. The minimum absolute atomic E-state index is 0.0378. The van der Waals surface area contributed by atoms with Crippen LogP contribution in [0.3, 0.4) is 0 Å². The fourth-order valence-corrected chi connectivity index (χ4v) is 5.44. The molecule has 6 N–H and O–H groups in total. The van der Waals surface area contributed by atoms with Gasteiger partial charge in [0.2, 0.25) is 13.4 Å². The average molecular weight is 420 g/mol. The normalized spacial score (nSPS) is 22.4. The molecule has 1 aliphatic rings. The van der Waals surface area contributed by atoms with Crippen molar-refractivity contribution in [3.05, 3.63) is 35.9 Å². The van der Waals surface area contributed by atoms with E-state index in [1.165, 1.54) is 4.49 Å². The summed E-state index contributed by atoms with van der Waals surface area (Å²) >= 11 is 0. The Morgan fingerprint density at radius 1 is 1.37 bits per heavy atom. The molecule has 0 radical (unpaired) electrons. The first-order valence-electron chi connectivity index (χ1n) is 7.95. The maximum Gasteiger partial charge on any atom is 0.407 e. The van der Waals surface area contributed by atoms with Gasteiger partial charge >= 0.3 is 16.4 Å². The number of benzene rings is 1. The highest BCUT2D eigenvalue weighted by atomic mass is 32.2. The lowest BCUT2D eigenvalue weighted by atomic mass is 9.99. The van der Waals surface area contributed by atoms with Crippen molar-refractivity contribution in [3.8, 4) is 0 Å². The van der Waals surface area contributed by atoms with E-state index in [1.807, 2.05) is 6.07 Å². The van der Waals surface area contributed by atoms with E-state index in [2.05, 4.69) is 10.6 Å². The lowest BCUT2D eigenvalue weighted by molar-refractivity contribution is -0.123. The second kappa shape index (κ2) is 8.81. The molecule has 1 heterocycles. The van der Waals surface area contributed by atoms with Crippen molar-refractivity contribution in [2.24, 2.45) is 5.50 Å². The molecule has 0 aromatic heterocycles. The third kappa shape index (κ3) is 7.65. The average Bonchev–Trinajstić information content (AvgIpc) is 2.54. The number of hydrogen-bond donors (Lipinski definition) is 5. The number of rotatable bonds is 7. The Morgan fingerprint density at radius 3 is 2.67 bits per heavy atom. The van der Waals surface area contributed by atoms with Crippen LogP contribution in [0.5, 0.6) is 0 Å². The summed E-state index contributed by atoms with van der Waals surface area (Å²) in [5, 5.41) is 5.06. The molecule has 1 aliphatic heterocycles. The van der Waals surface area contributed by atoms with Crippen molar-refractivity contribution in [1.82, 2.24) is 15.1 Å². The van der Waals surface area contributed by atoms with Gasteiger partial charge < -0.3 is 15.4 Å². The minimum atomic E-state index is -4.79. The van der Waals surface area contributed by atoms with Gasteiger partial charge in [0.15, 0.2) is 0 Å². The van der Waals surface area contributed by atoms with Gasteiger partial charge in [0.1, 0.15) is 6.61 Å². The number of amides is 2. The third-order valence-corrected chi connectivity index (χ3v) is 6.86. The summed E-state index contributed by atoms with van der Waals surface area (Å²) in [4.78, 5) is 23.6. The highest BCUT2D eigenvalue weighted by molar-refractivity contribution is 7.91. The number of hydrogen-bond acceptors (Lipinski definition) is 6. The standard InChI is InChI=1S/C14H21N4O7PS/c15-26(21,18-27(22,23)24)9-12-11(6-7-13(19)16-12)17-14(20)25-8-10-4-2-1-3-5-10/h1-5,11-12H,6-9H2,(H,16,19)(H,17,20)(H3,15,18,21)(H,22,23,24)/t11-,12-,26?/m0/s1. The van der Waals surface area contributed by atoms with Crippen LogP contribution >= 0.6 is 7.44 Å². The lowest BCUT2D eigenvalue weighted by Crippen LogP contribution is -2.57. The zero-order chi connectivity index (χ0) is 20.1. The van der Waals surface area contributed by atoms with Crippen molar-refractivity contribution < 1.29 is 31.9 Å². The van der Waals surface area contributed by atoms with Crippen LogP contribution in [0.25, 0.3) is 0 Å². The van der Waals surface area contributed by atoms with Crippen LogP contribution < -0.4 is 20.6 Å². The van der Waals surface area contributed by atoms with Crippen LogP contribution in [0, 0.1) is 0 Å². The molecule has 11 nitrogen and oxygen atoms in total. The molecule has 1 aromatic rings. The van der Waals surface area contributed by atoms with E-state index in [4.69, 9.17) is 14.8 Å². The molecule has 0 spiro atoms. The molecule has 0 aliphatic carbocycles. The number of piperidine rings is 1. The molecule has 1 saturated heterocycles. The molecule has 0 bridgehead atoms. The van der Waals surface area contributed by atoms with Crippen molar-refractivity contribution in [3.63, 3.8) is 0 Å². The Kier molecular flexibility index (Phi) is 6.95. The predicted octanol–water partition coefficient (Wildman–Crippen LogP) is 0.104. The number of ether oxygens (including phenoxy) is 1. The Balaban J connectivity index is 1.97. The SMILES string of the molecule is NP(=O)(C[C@@H]1NC(=O)CC[C@@H]1NC(=O)OCc1ccccc1)NS(=O)(=O)O. The summed E-state index contributed by atoms with van der Waals surface area (Å²) in [6, 6.07) is 7.40. The third-order valence-electron chi connectivity index (χ3n) is 3.77. The molecular weight excluding hydrogens is 399 g/mol. The fourth-order valence-electron chi connectivity index (χ4n) is 2.65. The van der Waals surface area contributed by atoms with E-state index >= 15 is 0 Å².